The Morgan fingerprint density at radius 1 is 1.56 bits per heavy atom. The number of hydrogen-bond acceptors (Lipinski definition) is 5. The second-order valence-electron chi connectivity index (χ2n) is 4.43. The third kappa shape index (κ3) is 2.53. The number of benzene rings is 1. The molecule has 1 unspecified atom stereocenters. The Hall–Kier alpha value is -1.82. The van der Waals surface area contributed by atoms with Gasteiger partial charge in [0.05, 0.1) is 18.1 Å². The van der Waals surface area contributed by atoms with E-state index in [4.69, 9.17) is 9.84 Å². The molecule has 1 saturated heterocycles. The van der Waals surface area contributed by atoms with Gasteiger partial charge in [-0.15, -0.1) is 0 Å². The lowest BCUT2D eigenvalue weighted by atomic mass is 10.1. The number of rotatable bonds is 4. The molecule has 1 N–H and O–H groups in total. The molecule has 6 heteroatoms. The zero-order valence-corrected chi connectivity index (χ0v) is 10.2. The van der Waals surface area contributed by atoms with Crippen molar-refractivity contribution in [3.05, 3.63) is 28.3 Å². The molecular formula is C12H16N2O4. The van der Waals surface area contributed by atoms with Gasteiger partial charge < -0.3 is 14.7 Å². The summed E-state index contributed by atoms with van der Waals surface area (Å²) >= 11 is 0. The number of ether oxygens (including phenoxy) is 1. The lowest BCUT2D eigenvalue weighted by Crippen LogP contribution is -2.20. The summed E-state index contributed by atoms with van der Waals surface area (Å²) in [7, 11) is 1.49. The summed E-state index contributed by atoms with van der Waals surface area (Å²) in [6.07, 6.45) is 0.904. The van der Waals surface area contributed by atoms with E-state index in [2.05, 4.69) is 0 Å². The second-order valence-corrected chi connectivity index (χ2v) is 4.43. The highest BCUT2D eigenvalue weighted by atomic mass is 16.6. The summed E-state index contributed by atoms with van der Waals surface area (Å²) in [5.41, 5.74) is 0.800. The molecule has 1 fully saturated rings. The van der Waals surface area contributed by atoms with Gasteiger partial charge in [0.15, 0.2) is 0 Å². The van der Waals surface area contributed by atoms with Crippen LogP contribution in [0.2, 0.25) is 0 Å². The standard InChI is InChI=1S/C12H16N2O4/c1-18-12-5-10(4-11(6-12)14(16)17)13-3-2-9(7-13)8-15/h4-6,9,15H,2-3,7-8H2,1H3. The smallest absolute Gasteiger partial charge is 0.275 e. The van der Waals surface area contributed by atoms with Crippen molar-refractivity contribution < 1.29 is 14.8 Å². The van der Waals surface area contributed by atoms with E-state index >= 15 is 0 Å². The quantitative estimate of drug-likeness (QED) is 0.648. The van der Waals surface area contributed by atoms with Crippen molar-refractivity contribution in [3.8, 4) is 5.75 Å². The number of nitro benzene ring substituents is 1. The third-order valence-electron chi connectivity index (χ3n) is 3.23. The second kappa shape index (κ2) is 5.22. The van der Waals surface area contributed by atoms with Gasteiger partial charge in [0.25, 0.3) is 5.69 Å². The predicted molar refractivity (Wildman–Crippen MR) is 67.1 cm³/mol. The molecule has 0 radical (unpaired) electrons. The molecule has 2 rings (SSSR count). The van der Waals surface area contributed by atoms with E-state index in [1.54, 1.807) is 12.1 Å². The van der Waals surface area contributed by atoms with Gasteiger partial charge in [-0.3, -0.25) is 10.1 Å². The highest BCUT2D eigenvalue weighted by molar-refractivity contribution is 5.58. The fourth-order valence-corrected chi connectivity index (χ4v) is 2.19. The highest BCUT2D eigenvalue weighted by Gasteiger charge is 2.23. The summed E-state index contributed by atoms with van der Waals surface area (Å²) < 4.78 is 5.08. The van der Waals surface area contributed by atoms with Crippen molar-refractivity contribution in [2.45, 2.75) is 6.42 Å². The van der Waals surface area contributed by atoms with E-state index in [1.165, 1.54) is 13.2 Å². The molecule has 0 amide bonds. The minimum atomic E-state index is -0.425. The molecule has 1 aliphatic rings. The first-order valence-corrected chi connectivity index (χ1v) is 5.83. The maximum absolute atomic E-state index is 10.8. The van der Waals surface area contributed by atoms with Crippen molar-refractivity contribution in [2.75, 3.05) is 31.7 Å². The minimum Gasteiger partial charge on any atom is -0.496 e. The Bertz CT molecular complexity index is 450. The molecule has 0 aliphatic carbocycles. The largest absolute Gasteiger partial charge is 0.496 e. The number of hydrogen-bond donors (Lipinski definition) is 1. The lowest BCUT2D eigenvalue weighted by Gasteiger charge is -2.18. The van der Waals surface area contributed by atoms with Crippen LogP contribution in [0.3, 0.4) is 0 Å². The molecular weight excluding hydrogens is 236 g/mol. The topological polar surface area (TPSA) is 75.8 Å². The van der Waals surface area contributed by atoms with Crippen LogP contribution in [0.4, 0.5) is 11.4 Å². The van der Waals surface area contributed by atoms with Crippen molar-refractivity contribution in [2.24, 2.45) is 5.92 Å². The van der Waals surface area contributed by atoms with Crippen molar-refractivity contribution >= 4 is 11.4 Å². The van der Waals surface area contributed by atoms with Gasteiger partial charge in [-0.2, -0.15) is 0 Å². The summed E-state index contributed by atoms with van der Waals surface area (Å²) in [4.78, 5) is 12.5. The van der Waals surface area contributed by atoms with Gasteiger partial charge in [-0.05, 0) is 6.42 Å². The van der Waals surface area contributed by atoms with E-state index in [1.807, 2.05) is 4.90 Å². The van der Waals surface area contributed by atoms with Crippen molar-refractivity contribution in [1.82, 2.24) is 0 Å². The third-order valence-corrected chi connectivity index (χ3v) is 3.23. The van der Waals surface area contributed by atoms with Gasteiger partial charge in [-0.25, -0.2) is 0 Å². The molecule has 1 aromatic rings. The SMILES string of the molecule is COc1cc(N2CCC(CO)C2)cc([N+](=O)[O-])c1. The molecule has 0 bridgehead atoms. The number of aliphatic hydroxyl groups excluding tert-OH is 1. The molecule has 1 aliphatic heterocycles. The number of nitrogens with zero attached hydrogens (tertiary/aromatic N) is 2. The van der Waals surface area contributed by atoms with Crippen LogP contribution in [-0.4, -0.2) is 36.8 Å². The molecule has 6 nitrogen and oxygen atoms in total. The van der Waals surface area contributed by atoms with Crippen LogP contribution in [0, 0.1) is 16.0 Å². The van der Waals surface area contributed by atoms with Crippen LogP contribution >= 0.6 is 0 Å². The number of anilines is 1. The molecule has 1 aromatic carbocycles. The lowest BCUT2D eigenvalue weighted by molar-refractivity contribution is -0.384. The van der Waals surface area contributed by atoms with Crippen LogP contribution in [0.1, 0.15) is 6.42 Å². The van der Waals surface area contributed by atoms with E-state index in [9.17, 15) is 10.1 Å². The summed E-state index contributed by atoms with van der Waals surface area (Å²) in [5, 5.41) is 20.0. The first-order valence-electron chi connectivity index (χ1n) is 5.83. The Kier molecular flexibility index (Phi) is 3.66. The molecule has 0 saturated carbocycles. The number of aliphatic hydroxyl groups is 1. The molecule has 0 spiro atoms. The number of nitro groups is 1. The van der Waals surface area contributed by atoms with Crippen LogP contribution < -0.4 is 9.64 Å². The van der Waals surface area contributed by atoms with Crippen LogP contribution in [0.25, 0.3) is 0 Å². The number of non-ortho nitro benzene ring substituents is 1. The van der Waals surface area contributed by atoms with Gasteiger partial charge in [0.2, 0.25) is 0 Å². The summed E-state index contributed by atoms with van der Waals surface area (Å²) in [6.45, 7) is 1.68. The summed E-state index contributed by atoms with van der Waals surface area (Å²) in [6, 6.07) is 4.73. The predicted octanol–water partition coefficient (Wildman–Crippen LogP) is 1.42. The molecule has 18 heavy (non-hydrogen) atoms. The zero-order valence-electron chi connectivity index (χ0n) is 10.2. The van der Waals surface area contributed by atoms with Crippen LogP contribution in [0.5, 0.6) is 5.75 Å². The Morgan fingerprint density at radius 3 is 2.89 bits per heavy atom. The zero-order chi connectivity index (χ0) is 13.1. The van der Waals surface area contributed by atoms with Gasteiger partial charge in [0, 0.05) is 43.4 Å². The monoisotopic (exact) mass is 252 g/mol. The van der Waals surface area contributed by atoms with Gasteiger partial charge in [-0.1, -0.05) is 0 Å². The number of methoxy groups -OCH3 is 1. The first-order chi connectivity index (χ1) is 8.63. The summed E-state index contributed by atoms with van der Waals surface area (Å²) in [5.74, 6) is 0.724. The van der Waals surface area contributed by atoms with E-state index in [0.717, 1.165) is 25.2 Å². The first kappa shape index (κ1) is 12.6. The Morgan fingerprint density at radius 2 is 2.33 bits per heavy atom. The maximum Gasteiger partial charge on any atom is 0.275 e. The molecule has 1 heterocycles. The fraction of sp³-hybridized carbons (Fsp3) is 0.500. The normalized spacial score (nSPS) is 19.0. The van der Waals surface area contributed by atoms with Crippen LogP contribution in [-0.2, 0) is 0 Å². The fourth-order valence-electron chi connectivity index (χ4n) is 2.19. The highest BCUT2D eigenvalue weighted by Crippen LogP contribution is 2.31. The molecule has 98 valence electrons. The molecule has 0 aromatic heterocycles. The van der Waals surface area contributed by atoms with Crippen molar-refractivity contribution in [3.63, 3.8) is 0 Å². The molecule has 1 atom stereocenters. The van der Waals surface area contributed by atoms with E-state index in [0.29, 0.717) is 5.75 Å². The van der Waals surface area contributed by atoms with Crippen molar-refractivity contribution in [1.29, 1.82) is 0 Å². The van der Waals surface area contributed by atoms with Crippen LogP contribution in [0.15, 0.2) is 18.2 Å². The minimum absolute atomic E-state index is 0.0248. The Labute approximate surface area is 105 Å². The van der Waals surface area contributed by atoms with Gasteiger partial charge >= 0.3 is 0 Å². The maximum atomic E-state index is 10.8. The average Bonchev–Trinajstić information content (AvgIpc) is 2.86. The van der Waals surface area contributed by atoms with E-state index in [-0.39, 0.29) is 18.2 Å². The van der Waals surface area contributed by atoms with Gasteiger partial charge in [0.1, 0.15) is 5.75 Å². The Balaban J connectivity index is 2.27. The van der Waals surface area contributed by atoms with E-state index < -0.39 is 4.92 Å². The average molecular weight is 252 g/mol.